The van der Waals surface area contributed by atoms with Gasteiger partial charge in [-0.15, -0.1) is 11.3 Å². The van der Waals surface area contributed by atoms with Gasteiger partial charge in [0.2, 0.25) is 5.91 Å². The number of hydrogen-bond acceptors (Lipinski definition) is 6. The van der Waals surface area contributed by atoms with Crippen molar-refractivity contribution in [2.24, 2.45) is 11.3 Å². The molecule has 2 aromatic heterocycles. The first-order chi connectivity index (χ1) is 15.7. The Morgan fingerprint density at radius 2 is 1.97 bits per heavy atom. The first-order valence-corrected chi connectivity index (χ1v) is 12.2. The lowest BCUT2D eigenvalue weighted by atomic mass is 9.70. The maximum Gasteiger partial charge on any atom is 0.393 e. The predicted octanol–water partition coefficient (Wildman–Crippen LogP) is 3.45. The third-order valence-corrected chi connectivity index (χ3v) is 8.78. The third-order valence-electron chi connectivity index (χ3n) is 7.74. The van der Waals surface area contributed by atoms with E-state index in [1.165, 1.54) is 25.1 Å². The number of nitrogens with zero attached hydrogens (tertiary/aromatic N) is 4. The van der Waals surface area contributed by atoms with Crippen LogP contribution in [0, 0.1) is 22.7 Å². The van der Waals surface area contributed by atoms with E-state index < -0.39 is 12.6 Å². The van der Waals surface area contributed by atoms with Crippen molar-refractivity contribution in [3.05, 3.63) is 22.7 Å². The van der Waals surface area contributed by atoms with Gasteiger partial charge in [-0.3, -0.25) is 4.79 Å². The summed E-state index contributed by atoms with van der Waals surface area (Å²) >= 11 is 1.03. The van der Waals surface area contributed by atoms with Crippen LogP contribution in [0.1, 0.15) is 36.1 Å². The standard InChI is InChI=1S/C23H24F3N5OS/c24-23(25,26)6-16-5-17-19(14(7-27)8-28-20(17)33-16)30-9-22(10-30)11-31(12-22)21(32)18-13-1-3-15(29-18)4-2-13/h5,8,13,15,18,29H,1-4,6,9-12H2/t13?,15?,18-/m1/s1. The van der Waals surface area contributed by atoms with Crippen molar-refractivity contribution >= 4 is 33.1 Å². The van der Waals surface area contributed by atoms with E-state index in [0.717, 1.165) is 24.2 Å². The highest BCUT2D eigenvalue weighted by molar-refractivity contribution is 7.18. The van der Waals surface area contributed by atoms with Crippen LogP contribution in [0.2, 0.25) is 0 Å². The summed E-state index contributed by atoms with van der Waals surface area (Å²) in [5.74, 6) is 0.664. The lowest BCUT2D eigenvalue weighted by Gasteiger charge is -2.62. The third kappa shape index (κ3) is 3.56. The minimum atomic E-state index is -4.28. The second kappa shape index (κ2) is 7.31. The van der Waals surface area contributed by atoms with Gasteiger partial charge in [0.15, 0.2) is 0 Å². The summed E-state index contributed by atoms with van der Waals surface area (Å²) in [5.41, 5.74) is 1.06. The Kier molecular flexibility index (Phi) is 4.69. The molecule has 4 aliphatic heterocycles. The second-order valence-electron chi connectivity index (χ2n) is 10.2. The molecule has 6 heterocycles. The number of nitriles is 1. The molecule has 174 valence electrons. The number of pyridine rings is 1. The Morgan fingerprint density at radius 1 is 1.24 bits per heavy atom. The van der Waals surface area contributed by atoms with Crippen molar-refractivity contribution in [3.8, 4) is 6.07 Å². The number of amides is 1. The van der Waals surface area contributed by atoms with E-state index in [4.69, 9.17) is 0 Å². The molecule has 7 rings (SSSR count). The van der Waals surface area contributed by atoms with E-state index in [1.807, 2.05) is 4.90 Å². The number of halogens is 3. The molecule has 2 aromatic rings. The van der Waals surface area contributed by atoms with Crippen LogP contribution in [-0.2, 0) is 11.2 Å². The van der Waals surface area contributed by atoms with Crippen LogP contribution < -0.4 is 10.2 Å². The van der Waals surface area contributed by atoms with Crippen LogP contribution in [0.25, 0.3) is 10.2 Å². The Labute approximate surface area is 193 Å². The van der Waals surface area contributed by atoms with Gasteiger partial charge in [-0.1, -0.05) is 0 Å². The summed E-state index contributed by atoms with van der Waals surface area (Å²) in [6.07, 6.45) is 0.781. The van der Waals surface area contributed by atoms with E-state index in [0.29, 0.717) is 59.6 Å². The van der Waals surface area contributed by atoms with Crippen LogP contribution >= 0.6 is 11.3 Å². The quantitative estimate of drug-likeness (QED) is 0.736. The highest BCUT2D eigenvalue weighted by atomic mass is 32.1. The van der Waals surface area contributed by atoms with E-state index in [-0.39, 0.29) is 22.2 Å². The van der Waals surface area contributed by atoms with Crippen LogP contribution in [0.15, 0.2) is 12.3 Å². The maximum atomic E-state index is 13.0. The van der Waals surface area contributed by atoms with Crippen molar-refractivity contribution in [2.75, 3.05) is 31.1 Å². The molecule has 2 bridgehead atoms. The molecule has 6 nitrogen and oxygen atoms in total. The fraction of sp³-hybridized carbons (Fsp3) is 0.609. The van der Waals surface area contributed by atoms with E-state index >= 15 is 0 Å². The van der Waals surface area contributed by atoms with Gasteiger partial charge >= 0.3 is 6.18 Å². The molecule has 4 saturated heterocycles. The molecule has 1 atom stereocenters. The number of thiophene rings is 1. The second-order valence-corrected chi connectivity index (χ2v) is 11.3. The summed E-state index contributed by atoms with van der Waals surface area (Å²) in [6, 6.07) is 4.11. The van der Waals surface area contributed by atoms with Crippen molar-refractivity contribution in [1.29, 1.82) is 5.26 Å². The molecule has 5 fully saturated rings. The maximum absolute atomic E-state index is 13.0. The fourth-order valence-electron chi connectivity index (χ4n) is 6.25. The number of carbonyl (C=O) groups is 1. The monoisotopic (exact) mass is 475 g/mol. The fourth-order valence-corrected chi connectivity index (χ4v) is 7.29. The highest BCUT2D eigenvalue weighted by Gasteiger charge is 2.55. The predicted molar refractivity (Wildman–Crippen MR) is 118 cm³/mol. The zero-order chi connectivity index (χ0) is 23.0. The average molecular weight is 476 g/mol. The highest BCUT2D eigenvalue weighted by Crippen LogP contribution is 2.46. The van der Waals surface area contributed by atoms with Gasteiger partial charge < -0.3 is 15.1 Å². The van der Waals surface area contributed by atoms with Crippen molar-refractivity contribution in [3.63, 3.8) is 0 Å². The zero-order valence-corrected chi connectivity index (χ0v) is 18.8. The van der Waals surface area contributed by atoms with Gasteiger partial charge in [-0.2, -0.15) is 18.4 Å². The minimum Gasteiger partial charge on any atom is -0.368 e. The number of likely N-dealkylation sites (tertiary alicyclic amines) is 1. The van der Waals surface area contributed by atoms with Gasteiger partial charge in [-0.05, 0) is 37.7 Å². The molecule has 33 heavy (non-hydrogen) atoms. The zero-order valence-electron chi connectivity index (χ0n) is 18.0. The molecule has 1 saturated carbocycles. The molecule has 1 aliphatic carbocycles. The Balaban J connectivity index is 1.16. The number of nitrogens with one attached hydrogen (secondary N) is 1. The number of alkyl halides is 3. The number of hydrogen-bond donors (Lipinski definition) is 1. The smallest absolute Gasteiger partial charge is 0.368 e. The topological polar surface area (TPSA) is 72.3 Å². The molecule has 1 spiro atoms. The largest absolute Gasteiger partial charge is 0.393 e. The van der Waals surface area contributed by atoms with E-state index in [9.17, 15) is 23.2 Å². The van der Waals surface area contributed by atoms with Crippen LogP contribution in [0.5, 0.6) is 0 Å². The molecular weight excluding hydrogens is 451 g/mol. The molecule has 0 unspecified atom stereocenters. The summed E-state index contributed by atoms with van der Waals surface area (Å²) in [6.45, 7) is 2.80. The lowest BCUT2D eigenvalue weighted by molar-refractivity contribution is -0.151. The van der Waals surface area contributed by atoms with E-state index in [2.05, 4.69) is 21.3 Å². The lowest BCUT2D eigenvalue weighted by Crippen LogP contribution is -2.75. The van der Waals surface area contributed by atoms with Crippen molar-refractivity contribution in [2.45, 2.75) is 50.4 Å². The summed E-state index contributed by atoms with van der Waals surface area (Å²) in [5, 5.41) is 13.7. The molecule has 0 radical (unpaired) electrons. The summed E-state index contributed by atoms with van der Waals surface area (Å²) in [4.78, 5) is 22.0. The Hall–Kier alpha value is -2.38. The van der Waals surface area contributed by atoms with Gasteiger partial charge in [0.25, 0.3) is 0 Å². The number of carbonyl (C=O) groups excluding carboxylic acids is 1. The molecule has 10 heteroatoms. The normalized spacial score (nSPS) is 28.0. The minimum absolute atomic E-state index is 0.0104. The summed E-state index contributed by atoms with van der Waals surface area (Å²) in [7, 11) is 0. The number of fused-ring (bicyclic) bond motifs is 4. The van der Waals surface area contributed by atoms with Crippen molar-refractivity contribution in [1.82, 2.24) is 15.2 Å². The summed E-state index contributed by atoms with van der Waals surface area (Å²) < 4.78 is 38.6. The van der Waals surface area contributed by atoms with Crippen LogP contribution in [-0.4, -0.2) is 60.2 Å². The first kappa shape index (κ1) is 21.2. The average Bonchev–Trinajstić information content (AvgIpc) is 3.13. The van der Waals surface area contributed by atoms with Gasteiger partial charge in [0.05, 0.1) is 23.7 Å². The first-order valence-electron chi connectivity index (χ1n) is 11.4. The Bertz CT molecular complexity index is 1150. The van der Waals surface area contributed by atoms with Crippen LogP contribution in [0.4, 0.5) is 18.9 Å². The van der Waals surface area contributed by atoms with Gasteiger partial charge in [-0.25, -0.2) is 4.98 Å². The van der Waals surface area contributed by atoms with E-state index in [1.54, 1.807) is 0 Å². The van der Waals surface area contributed by atoms with Gasteiger partial charge in [0, 0.05) is 54.1 Å². The van der Waals surface area contributed by atoms with Crippen molar-refractivity contribution < 1.29 is 18.0 Å². The molecule has 5 aliphatic rings. The number of rotatable bonds is 3. The SMILES string of the molecule is N#Cc1cnc2sc(CC(F)(F)F)cc2c1N1CC2(CN(C(=O)[C@@H]3NC4CCC3CC4)C2)C1. The number of aromatic nitrogens is 1. The number of piperidine rings is 2. The molecular formula is C23H24F3N5OS. The number of anilines is 1. The Morgan fingerprint density at radius 3 is 2.58 bits per heavy atom. The molecule has 1 N–H and O–H groups in total. The molecule has 1 amide bonds. The van der Waals surface area contributed by atoms with Crippen LogP contribution in [0.3, 0.4) is 0 Å². The molecule has 0 aromatic carbocycles. The van der Waals surface area contributed by atoms with Gasteiger partial charge in [0.1, 0.15) is 10.9 Å².